The van der Waals surface area contributed by atoms with Crippen LogP contribution >= 0.6 is 0 Å². The topological polar surface area (TPSA) is 90.9 Å². The number of carbonyl (C=O) groups excluding carboxylic acids is 1. The highest BCUT2D eigenvalue weighted by molar-refractivity contribution is 5.92. The fourth-order valence-electron chi connectivity index (χ4n) is 1.09. The molecular weight excluding hydrogens is 249 g/mol. The molecule has 0 spiro atoms. The molecule has 0 aliphatic rings. The van der Waals surface area contributed by atoms with Crippen LogP contribution in [0.25, 0.3) is 0 Å². The molecule has 4 N–H and O–H groups in total. The molecule has 0 aromatic heterocycles. The Morgan fingerprint density at radius 2 is 2.11 bits per heavy atom. The second-order valence-electron chi connectivity index (χ2n) is 3.34. The van der Waals surface area contributed by atoms with Crippen LogP contribution in [0.1, 0.15) is 5.56 Å². The van der Waals surface area contributed by atoms with Gasteiger partial charge in [0, 0.05) is 0 Å². The highest BCUT2D eigenvalue weighted by Gasteiger charge is 2.27. The van der Waals surface area contributed by atoms with Crippen LogP contribution in [0.5, 0.6) is 0 Å². The molecule has 0 fully saturated rings. The third-order valence-corrected chi connectivity index (χ3v) is 1.88. The molecule has 0 bridgehead atoms. The van der Waals surface area contributed by atoms with Gasteiger partial charge in [0.25, 0.3) is 0 Å². The summed E-state index contributed by atoms with van der Waals surface area (Å²) in [5.74, 6) is 0. The molecule has 1 aromatic carbocycles. The summed E-state index contributed by atoms with van der Waals surface area (Å²) in [4.78, 5) is 11.1. The third kappa shape index (κ3) is 4.21. The van der Waals surface area contributed by atoms with Crippen LogP contribution in [0.3, 0.4) is 0 Å². The van der Waals surface area contributed by atoms with E-state index in [9.17, 15) is 18.0 Å². The highest BCUT2D eigenvalue weighted by Crippen LogP contribution is 2.19. The number of carbonyl (C=O) groups is 1. The first kappa shape index (κ1) is 13.6. The molecule has 0 atom stereocenters. The number of nitrogens with one attached hydrogen (secondary N) is 2. The molecule has 0 aliphatic carbocycles. The minimum Gasteiger partial charge on any atom is -0.397 e. The largest absolute Gasteiger partial charge is 0.405 e. The summed E-state index contributed by atoms with van der Waals surface area (Å²) < 4.78 is 35.5. The minimum atomic E-state index is -4.48. The Kier molecular flexibility index (Phi) is 3.99. The average molecular weight is 258 g/mol. The molecule has 1 aromatic rings. The lowest BCUT2D eigenvalue weighted by molar-refractivity contribution is -0.122. The van der Waals surface area contributed by atoms with Gasteiger partial charge in [0.2, 0.25) is 0 Å². The molecule has 0 aliphatic heterocycles. The van der Waals surface area contributed by atoms with Crippen LogP contribution in [0.2, 0.25) is 0 Å². The molecule has 0 unspecified atom stereocenters. The number of halogens is 3. The van der Waals surface area contributed by atoms with E-state index in [0.717, 1.165) is 0 Å². The fraction of sp³-hybridized carbons (Fsp3) is 0.200. The monoisotopic (exact) mass is 258 g/mol. The molecule has 8 heteroatoms. The van der Waals surface area contributed by atoms with Crippen molar-refractivity contribution in [2.45, 2.75) is 6.18 Å². The zero-order chi connectivity index (χ0) is 13.8. The number of nitrogens with zero attached hydrogens (tertiary/aromatic N) is 1. The van der Waals surface area contributed by atoms with Gasteiger partial charge in [-0.15, -0.1) is 0 Å². The van der Waals surface area contributed by atoms with Crippen LogP contribution in [0.4, 0.5) is 29.3 Å². The quantitative estimate of drug-likeness (QED) is 0.706. The smallest absolute Gasteiger partial charge is 0.397 e. The molecule has 18 heavy (non-hydrogen) atoms. The Bertz CT molecular complexity index is 493. The number of benzene rings is 1. The van der Waals surface area contributed by atoms with Gasteiger partial charge < -0.3 is 16.4 Å². The Morgan fingerprint density at radius 1 is 1.44 bits per heavy atom. The van der Waals surface area contributed by atoms with E-state index < -0.39 is 18.8 Å². The van der Waals surface area contributed by atoms with E-state index in [2.05, 4.69) is 5.32 Å². The van der Waals surface area contributed by atoms with Gasteiger partial charge in [-0.05, 0) is 18.2 Å². The van der Waals surface area contributed by atoms with Crippen LogP contribution < -0.4 is 16.4 Å². The number of nitrogen functional groups attached to an aromatic ring is 1. The number of alkyl halides is 3. The van der Waals surface area contributed by atoms with Crippen molar-refractivity contribution < 1.29 is 18.0 Å². The molecule has 1 rings (SSSR count). The molecule has 0 radical (unpaired) electrons. The number of nitriles is 1. The number of nitrogens with two attached hydrogens (primary N) is 1. The third-order valence-electron chi connectivity index (χ3n) is 1.88. The number of hydrogen-bond acceptors (Lipinski definition) is 3. The van der Waals surface area contributed by atoms with E-state index in [1.807, 2.05) is 6.07 Å². The predicted octanol–water partition coefficient (Wildman–Crippen LogP) is 1.82. The first-order valence-corrected chi connectivity index (χ1v) is 4.73. The predicted molar refractivity (Wildman–Crippen MR) is 58.6 cm³/mol. The van der Waals surface area contributed by atoms with Crippen LogP contribution in [0, 0.1) is 11.3 Å². The number of rotatable bonds is 2. The van der Waals surface area contributed by atoms with Crippen molar-refractivity contribution in [2.24, 2.45) is 0 Å². The molecular formula is C10H9F3N4O. The maximum Gasteiger partial charge on any atom is 0.405 e. The second-order valence-corrected chi connectivity index (χ2v) is 3.34. The van der Waals surface area contributed by atoms with Gasteiger partial charge in [-0.1, -0.05) is 0 Å². The minimum absolute atomic E-state index is 0.0937. The van der Waals surface area contributed by atoms with Crippen molar-refractivity contribution >= 4 is 17.4 Å². The molecule has 2 amide bonds. The molecule has 0 saturated heterocycles. The Balaban J connectivity index is 2.63. The normalized spacial score (nSPS) is 10.6. The van der Waals surface area contributed by atoms with Gasteiger partial charge in [0.15, 0.2) is 0 Å². The lowest BCUT2D eigenvalue weighted by Gasteiger charge is -2.11. The van der Waals surface area contributed by atoms with E-state index in [1.54, 1.807) is 5.32 Å². The lowest BCUT2D eigenvalue weighted by atomic mass is 10.2. The van der Waals surface area contributed by atoms with E-state index in [-0.39, 0.29) is 16.9 Å². The van der Waals surface area contributed by atoms with Crippen LogP contribution in [-0.4, -0.2) is 18.8 Å². The molecule has 5 nitrogen and oxygen atoms in total. The summed E-state index contributed by atoms with van der Waals surface area (Å²) >= 11 is 0. The summed E-state index contributed by atoms with van der Waals surface area (Å²) in [6, 6.07) is 4.84. The van der Waals surface area contributed by atoms with Crippen molar-refractivity contribution in [3.05, 3.63) is 23.8 Å². The van der Waals surface area contributed by atoms with E-state index in [0.29, 0.717) is 0 Å². The summed E-state index contributed by atoms with van der Waals surface area (Å²) in [5, 5.41) is 12.4. The van der Waals surface area contributed by atoms with Crippen LogP contribution in [0.15, 0.2) is 18.2 Å². The SMILES string of the molecule is N#Cc1ccc(NC(=O)NCC(F)(F)F)c(N)c1. The van der Waals surface area contributed by atoms with Crippen molar-refractivity contribution in [2.75, 3.05) is 17.6 Å². The van der Waals surface area contributed by atoms with Crippen molar-refractivity contribution in [1.82, 2.24) is 5.32 Å². The average Bonchev–Trinajstić information content (AvgIpc) is 2.28. The zero-order valence-electron chi connectivity index (χ0n) is 9.01. The maximum atomic E-state index is 11.8. The first-order valence-electron chi connectivity index (χ1n) is 4.73. The summed E-state index contributed by atoms with van der Waals surface area (Å²) in [7, 11) is 0. The Morgan fingerprint density at radius 3 is 2.61 bits per heavy atom. The lowest BCUT2D eigenvalue weighted by Crippen LogP contribution is -2.36. The van der Waals surface area contributed by atoms with Gasteiger partial charge in [-0.25, -0.2) is 4.79 Å². The zero-order valence-corrected chi connectivity index (χ0v) is 9.01. The number of amides is 2. The van der Waals surface area contributed by atoms with Gasteiger partial charge in [0.05, 0.1) is 23.0 Å². The summed E-state index contributed by atoms with van der Waals surface area (Å²) in [6.07, 6.45) is -4.48. The standard InChI is InChI=1S/C10H9F3N4O/c11-10(12,13)5-16-9(18)17-8-2-1-6(4-14)3-7(8)15/h1-3H,5,15H2,(H2,16,17,18). The van der Waals surface area contributed by atoms with Crippen molar-refractivity contribution in [1.29, 1.82) is 5.26 Å². The first-order chi connectivity index (χ1) is 8.31. The summed E-state index contributed by atoms with van der Waals surface area (Å²) in [6.45, 7) is -1.44. The number of anilines is 2. The maximum absolute atomic E-state index is 11.8. The van der Waals surface area contributed by atoms with E-state index >= 15 is 0 Å². The van der Waals surface area contributed by atoms with Crippen molar-refractivity contribution in [3.63, 3.8) is 0 Å². The van der Waals surface area contributed by atoms with Gasteiger partial charge in [-0.2, -0.15) is 18.4 Å². The van der Waals surface area contributed by atoms with Crippen LogP contribution in [-0.2, 0) is 0 Å². The van der Waals surface area contributed by atoms with Gasteiger partial charge in [0.1, 0.15) is 6.54 Å². The highest BCUT2D eigenvalue weighted by atomic mass is 19.4. The fourth-order valence-corrected chi connectivity index (χ4v) is 1.09. The molecule has 0 saturated carbocycles. The van der Waals surface area contributed by atoms with Gasteiger partial charge in [-0.3, -0.25) is 0 Å². The Labute approximate surface area is 100 Å². The molecule has 0 heterocycles. The summed E-state index contributed by atoms with van der Waals surface area (Å²) in [5.41, 5.74) is 6.02. The van der Waals surface area contributed by atoms with E-state index in [4.69, 9.17) is 11.0 Å². The number of hydrogen-bond donors (Lipinski definition) is 3. The number of urea groups is 1. The second kappa shape index (κ2) is 5.27. The van der Waals surface area contributed by atoms with Crippen molar-refractivity contribution in [3.8, 4) is 6.07 Å². The Hall–Kier alpha value is -2.43. The molecule has 96 valence electrons. The van der Waals surface area contributed by atoms with E-state index in [1.165, 1.54) is 18.2 Å². The van der Waals surface area contributed by atoms with Gasteiger partial charge >= 0.3 is 12.2 Å².